The molecule has 0 saturated carbocycles. The molecule has 4 rings (SSSR count). The minimum atomic E-state index is 0.0782. The molecule has 140 valence electrons. The fourth-order valence-corrected chi connectivity index (χ4v) is 4.26. The van der Waals surface area contributed by atoms with Gasteiger partial charge in [0.25, 0.3) is 0 Å². The summed E-state index contributed by atoms with van der Waals surface area (Å²) >= 11 is 0. The van der Waals surface area contributed by atoms with Gasteiger partial charge in [-0.1, -0.05) is 48.5 Å². The molecular weight excluding hydrogens is 336 g/mol. The van der Waals surface area contributed by atoms with Crippen LogP contribution in [0.3, 0.4) is 0 Å². The van der Waals surface area contributed by atoms with Crippen molar-refractivity contribution in [3.63, 3.8) is 0 Å². The molecule has 1 fully saturated rings. The van der Waals surface area contributed by atoms with Gasteiger partial charge in [-0.15, -0.1) is 0 Å². The van der Waals surface area contributed by atoms with Gasteiger partial charge in [-0.3, -0.25) is 14.5 Å². The van der Waals surface area contributed by atoms with Gasteiger partial charge in [0.05, 0.1) is 6.54 Å². The number of para-hydroxylation sites is 1. The summed E-state index contributed by atoms with van der Waals surface area (Å²) in [5.41, 5.74) is 3.14. The molecule has 2 aromatic carbocycles. The molecule has 0 bridgehead atoms. The Bertz CT molecular complexity index is 810. The van der Waals surface area contributed by atoms with Crippen LogP contribution in [0.1, 0.15) is 35.2 Å². The van der Waals surface area contributed by atoms with Crippen LogP contribution in [0.25, 0.3) is 0 Å². The maximum atomic E-state index is 12.9. The highest BCUT2D eigenvalue weighted by molar-refractivity contribution is 5.98. The predicted molar refractivity (Wildman–Crippen MR) is 107 cm³/mol. The van der Waals surface area contributed by atoms with Crippen molar-refractivity contribution in [1.29, 1.82) is 0 Å². The van der Waals surface area contributed by atoms with E-state index in [9.17, 15) is 9.59 Å². The number of amides is 1. The fraction of sp³-hybridized carbons (Fsp3) is 0.391. The summed E-state index contributed by atoms with van der Waals surface area (Å²) in [6, 6.07) is 17.8. The van der Waals surface area contributed by atoms with Crippen LogP contribution >= 0.6 is 0 Å². The molecule has 1 amide bonds. The first-order valence-corrected chi connectivity index (χ1v) is 9.92. The number of carbonyl (C=O) groups excluding carboxylic acids is 2. The van der Waals surface area contributed by atoms with Crippen molar-refractivity contribution >= 4 is 17.4 Å². The number of aryl methyl sites for hydroxylation is 1. The average molecular weight is 362 g/mol. The first-order valence-electron chi connectivity index (χ1n) is 9.92. The minimum Gasteiger partial charge on any atom is -0.311 e. The lowest BCUT2D eigenvalue weighted by Gasteiger charge is -2.34. The average Bonchev–Trinajstić information content (AvgIpc) is 2.74. The number of Topliss-reactive ketones (excluding diaryl/α,β-unsaturated/α-hetero) is 1. The van der Waals surface area contributed by atoms with E-state index < -0.39 is 0 Å². The van der Waals surface area contributed by atoms with Crippen molar-refractivity contribution in [1.82, 2.24) is 4.90 Å². The van der Waals surface area contributed by atoms with E-state index in [-0.39, 0.29) is 17.6 Å². The largest absolute Gasteiger partial charge is 0.311 e. The molecule has 4 heteroatoms. The van der Waals surface area contributed by atoms with Crippen LogP contribution in [0, 0.1) is 5.92 Å². The Kier molecular flexibility index (Phi) is 5.35. The fourth-order valence-electron chi connectivity index (χ4n) is 4.26. The zero-order valence-electron chi connectivity index (χ0n) is 15.6. The van der Waals surface area contributed by atoms with E-state index in [4.69, 9.17) is 0 Å². The Morgan fingerprint density at radius 3 is 2.37 bits per heavy atom. The third kappa shape index (κ3) is 3.96. The van der Waals surface area contributed by atoms with Crippen LogP contribution in [0.5, 0.6) is 0 Å². The Balaban J connectivity index is 1.33. The highest BCUT2D eigenvalue weighted by atomic mass is 16.2. The summed E-state index contributed by atoms with van der Waals surface area (Å²) in [5, 5.41) is 0. The summed E-state index contributed by atoms with van der Waals surface area (Å²) in [4.78, 5) is 29.7. The Hall–Kier alpha value is -2.46. The van der Waals surface area contributed by atoms with Crippen LogP contribution in [0.2, 0.25) is 0 Å². The van der Waals surface area contributed by atoms with Gasteiger partial charge in [-0.05, 0) is 50.4 Å². The quantitative estimate of drug-likeness (QED) is 0.781. The smallest absolute Gasteiger partial charge is 0.241 e. The van der Waals surface area contributed by atoms with E-state index in [2.05, 4.69) is 17.0 Å². The maximum Gasteiger partial charge on any atom is 0.241 e. The van der Waals surface area contributed by atoms with E-state index in [0.29, 0.717) is 6.54 Å². The standard InChI is InChI=1S/C23H26N2O2/c26-22(25-14-6-10-18-7-4-5-11-21(18)25)17-24-15-12-20(13-16-24)23(27)19-8-2-1-3-9-19/h1-5,7-9,11,20H,6,10,12-17H2. The second-order valence-electron chi connectivity index (χ2n) is 7.56. The number of rotatable bonds is 4. The number of piperidine rings is 1. The summed E-state index contributed by atoms with van der Waals surface area (Å²) in [6.45, 7) is 2.87. The number of nitrogens with zero attached hydrogens (tertiary/aromatic N) is 2. The lowest BCUT2D eigenvalue weighted by Crippen LogP contribution is -2.45. The van der Waals surface area contributed by atoms with Gasteiger partial charge in [-0.25, -0.2) is 0 Å². The van der Waals surface area contributed by atoms with Crippen LogP contribution in [-0.2, 0) is 11.2 Å². The Labute approximate surface area is 160 Å². The molecule has 2 aliphatic rings. The highest BCUT2D eigenvalue weighted by Gasteiger charge is 2.29. The molecule has 0 aromatic heterocycles. The summed E-state index contributed by atoms with van der Waals surface area (Å²) in [6.07, 6.45) is 3.73. The van der Waals surface area contributed by atoms with Crippen molar-refractivity contribution in [2.75, 3.05) is 31.1 Å². The summed E-state index contributed by atoms with van der Waals surface area (Å²) in [5.74, 6) is 0.496. The third-order valence-corrected chi connectivity index (χ3v) is 5.79. The van der Waals surface area contributed by atoms with Gasteiger partial charge in [-0.2, -0.15) is 0 Å². The van der Waals surface area contributed by atoms with Crippen LogP contribution in [0.4, 0.5) is 5.69 Å². The summed E-state index contributed by atoms with van der Waals surface area (Å²) in [7, 11) is 0. The van der Waals surface area contributed by atoms with Gasteiger partial charge >= 0.3 is 0 Å². The molecule has 0 spiro atoms. The lowest BCUT2D eigenvalue weighted by molar-refractivity contribution is -0.120. The molecule has 0 unspecified atom stereocenters. The molecule has 0 radical (unpaired) electrons. The van der Waals surface area contributed by atoms with Gasteiger partial charge in [0.15, 0.2) is 5.78 Å². The van der Waals surface area contributed by atoms with Crippen LogP contribution in [0.15, 0.2) is 54.6 Å². The van der Waals surface area contributed by atoms with Crippen LogP contribution < -0.4 is 4.90 Å². The second kappa shape index (κ2) is 8.05. The second-order valence-corrected chi connectivity index (χ2v) is 7.56. The maximum absolute atomic E-state index is 12.9. The number of anilines is 1. The zero-order chi connectivity index (χ0) is 18.6. The van der Waals surface area contributed by atoms with E-state index in [1.807, 2.05) is 47.4 Å². The van der Waals surface area contributed by atoms with Gasteiger partial charge in [0.2, 0.25) is 5.91 Å². The number of likely N-dealkylation sites (tertiary alicyclic amines) is 1. The first-order chi connectivity index (χ1) is 13.2. The van der Waals surface area contributed by atoms with Crippen molar-refractivity contribution in [3.05, 3.63) is 65.7 Å². The third-order valence-electron chi connectivity index (χ3n) is 5.79. The number of carbonyl (C=O) groups is 2. The molecular formula is C23H26N2O2. The molecule has 2 heterocycles. The van der Waals surface area contributed by atoms with E-state index in [0.717, 1.165) is 56.6 Å². The molecule has 0 aliphatic carbocycles. The minimum absolute atomic E-state index is 0.0782. The molecule has 27 heavy (non-hydrogen) atoms. The first kappa shape index (κ1) is 17.9. The topological polar surface area (TPSA) is 40.6 Å². The number of fused-ring (bicyclic) bond motifs is 1. The molecule has 0 N–H and O–H groups in total. The number of benzene rings is 2. The van der Waals surface area contributed by atoms with Crippen molar-refractivity contribution < 1.29 is 9.59 Å². The summed E-state index contributed by atoms with van der Waals surface area (Å²) < 4.78 is 0. The van der Waals surface area contributed by atoms with Gasteiger partial charge in [0.1, 0.15) is 0 Å². The molecule has 4 nitrogen and oxygen atoms in total. The number of hydrogen-bond acceptors (Lipinski definition) is 3. The monoisotopic (exact) mass is 362 g/mol. The van der Waals surface area contributed by atoms with Crippen molar-refractivity contribution in [2.24, 2.45) is 5.92 Å². The van der Waals surface area contributed by atoms with Gasteiger partial charge in [0, 0.05) is 23.7 Å². The highest BCUT2D eigenvalue weighted by Crippen LogP contribution is 2.27. The van der Waals surface area contributed by atoms with Crippen molar-refractivity contribution in [3.8, 4) is 0 Å². The van der Waals surface area contributed by atoms with Crippen molar-refractivity contribution in [2.45, 2.75) is 25.7 Å². The molecule has 2 aromatic rings. The normalized spacial score (nSPS) is 18.1. The number of hydrogen-bond donors (Lipinski definition) is 0. The molecule has 2 aliphatic heterocycles. The molecule has 1 saturated heterocycles. The van der Waals surface area contributed by atoms with Crippen LogP contribution in [-0.4, -0.2) is 42.8 Å². The Morgan fingerprint density at radius 2 is 1.59 bits per heavy atom. The van der Waals surface area contributed by atoms with Gasteiger partial charge < -0.3 is 4.90 Å². The Morgan fingerprint density at radius 1 is 0.889 bits per heavy atom. The SMILES string of the molecule is O=C(c1ccccc1)C1CCN(CC(=O)N2CCCc3ccccc32)CC1. The zero-order valence-corrected chi connectivity index (χ0v) is 15.6. The number of ketones is 1. The van der Waals surface area contributed by atoms with E-state index in [1.54, 1.807) is 0 Å². The predicted octanol–water partition coefficient (Wildman–Crippen LogP) is 3.56. The lowest BCUT2D eigenvalue weighted by atomic mass is 9.89. The van der Waals surface area contributed by atoms with E-state index >= 15 is 0 Å². The molecule has 0 atom stereocenters. The van der Waals surface area contributed by atoms with E-state index in [1.165, 1.54) is 5.56 Å².